The highest BCUT2D eigenvalue weighted by molar-refractivity contribution is 5.76. The first-order valence-electron chi connectivity index (χ1n) is 6.88. The fourth-order valence-corrected chi connectivity index (χ4v) is 2.37. The zero-order chi connectivity index (χ0) is 12.6. The van der Waals surface area contributed by atoms with Crippen LogP contribution in [0.1, 0.15) is 31.2 Å². The molecule has 0 aliphatic carbocycles. The maximum atomic E-state index is 11.8. The second kappa shape index (κ2) is 7.17. The van der Waals surface area contributed by atoms with Crippen molar-refractivity contribution in [1.82, 2.24) is 10.6 Å². The van der Waals surface area contributed by atoms with E-state index in [0.717, 1.165) is 38.8 Å². The molecule has 1 fully saturated rings. The highest BCUT2D eigenvalue weighted by Gasteiger charge is 2.14. The minimum atomic E-state index is 0.194. The van der Waals surface area contributed by atoms with Gasteiger partial charge in [-0.3, -0.25) is 4.79 Å². The van der Waals surface area contributed by atoms with Crippen molar-refractivity contribution in [3.63, 3.8) is 0 Å². The quantitative estimate of drug-likeness (QED) is 0.833. The van der Waals surface area contributed by atoms with Crippen LogP contribution in [0.2, 0.25) is 0 Å². The Hall–Kier alpha value is -1.35. The molecule has 2 rings (SSSR count). The summed E-state index contributed by atoms with van der Waals surface area (Å²) in [6.07, 6.45) is 4.81. The summed E-state index contributed by atoms with van der Waals surface area (Å²) >= 11 is 0. The first-order chi connectivity index (χ1) is 8.84. The molecule has 98 valence electrons. The largest absolute Gasteiger partial charge is 0.352 e. The van der Waals surface area contributed by atoms with Gasteiger partial charge in [0.1, 0.15) is 0 Å². The van der Waals surface area contributed by atoms with Gasteiger partial charge in [-0.1, -0.05) is 30.3 Å². The Morgan fingerprint density at radius 2 is 2.17 bits per heavy atom. The standard InChI is InChI=1S/C15H22N2O/c18-15(17-14-9-5-11-16-12-14)10-4-8-13-6-2-1-3-7-13/h1-3,6-7,14,16H,4-5,8-12H2,(H,17,18)/t14-/m0/s1. The molecule has 0 unspecified atom stereocenters. The molecular weight excluding hydrogens is 224 g/mol. The zero-order valence-corrected chi connectivity index (χ0v) is 10.8. The Balaban J connectivity index is 1.62. The van der Waals surface area contributed by atoms with E-state index in [1.165, 1.54) is 5.56 Å². The molecule has 1 aromatic rings. The van der Waals surface area contributed by atoms with Crippen molar-refractivity contribution in [2.75, 3.05) is 13.1 Å². The lowest BCUT2D eigenvalue weighted by Gasteiger charge is -2.23. The van der Waals surface area contributed by atoms with Crippen LogP contribution in [0.4, 0.5) is 0 Å². The van der Waals surface area contributed by atoms with E-state index in [4.69, 9.17) is 0 Å². The topological polar surface area (TPSA) is 41.1 Å². The van der Waals surface area contributed by atoms with Crippen molar-refractivity contribution in [3.05, 3.63) is 35.9 Å². The molecule has 3 heteroatoms. The van der Waals surface area contributed by atoms with Gasteiger partial charge in [0.2, 0.25) is 5.91 Å². The van der Waals surface area contributed by atoms with Crippen LogP contribution in [0.3, 0.4) is 0 Å². The number of benzene rings is 1. The molecule has 1 atom stereocenters. The number of hydrogen-bond acceptors (Lipinski definition) is 2. The predicted molar refractivity (Wildman–Crippen MR) is 73.4 cm³/mol. The van der Waals surface area contributed by atoms with Crippen LogP contribution >= 0.6 is 0 Å². The van der Waals surface area contributed by atoms with E-state index in [0.29, 0.717) is 12.5 Å². The normalized spacial score (nSPS) is 19.4. The highest BCUT2D eigenvalue weighted by atomic mass is 16.1. The van der Waals surface area contributed by atoms with Gasteiger partial charge in [-0.15, -0.1) is 0 Å². The Kier molecular flexibility index (Phi) is 5.21. The molecule has 1 amide bonds. The molecular formula is C15H22N2O. The molecule has 1 aliphatic heterocycles. The van der Waals surface area contributed by atoms with Crippen molar-refractivity contribution >= 4 is 5.91 Å². The van der Waals surface area contributed by atoms with E-state index >= 15 is 0 Å². The third-order valence-electron chi connectivity index (χ3n) is 3.37. The molecule has 1 aliphatic rings. The highest BCUT2D eigenvalue weighted by Crippen LogP contribution is 2.06. The lowest BCUT2D eigenvalue weighted by Crippen LogP contribution is -2.45. The second-order valence-electron chi connectivity index (χ2n) is 4.95. The molecule has 0 saturated carbocycles. The summed E-state index contributed by atoms with van der Waals surface area (Å²) in [5.41, 5.74) is 1.31. The van der Waals surface area contributed by atoms with Crippen LogP contribution in [-0.2, 0) is 11.2 Å². The molecule has 18 heavy (non-hydrogen) atoms. The van der Waals surface area contributed by atoms with Gasteiger partial charge in [-0.05, 0) is 37.8 Å². The summed E-state index contributed by atoms with van der Waals surface area (Å²) in [7, 11) is 0. The van der Waals surface area contributed by atoms with E-state index in [-0.39, 0.29) is 5.91 Å². The number of aryl methyl sites for hydroxylation is 1. The maximum absolute atomic E-state index is 11.8. The predicted octanol–water partition coefficient (Wildman–Crippen LogP) is 1.88. The van der Waals surface area contributed by atoms with Gasteiger partial charge in [-0.2, -0.15) is 0 Å². The number of carbonyl (C=O) groups is 1. The van der Waals surface area contributed by atoms with Gasteiger partial charge in [0.15, 0.2) is 0 Å². The average Bonchev–Trinajstić information content (AvgIpc) is 2.41. The summed E-state index contributed by atoms with van der Waals surface area (Å²) < 4.78 is 0. The number of carbonyl (C=O) groups excluding carboxylic acids is 1. The lowest BCUT2D eigenvalue weighted by atomic mass is 10.1. The summed E-state index contributed by atoms with van der Waals surface area (Å²) in [5, 5.41) is 6.41. The van der Waals surface area contributed by atoms with Crippen molar-refractivity contribution < 1.29 is 4.79 Å². The van der Waals surface area contributed by atoms with Crippen LogP contribution in [0.25, 0.3) is 0 Å². The fourth-order valence-electron chi connectivity index (χ4n) is 2.37. The summed E-state index contributed by atoms with van der Waals surface area (Å²) in [6, 6.07) is 10.7. The number of nitrogens with one attached hydrogen (secondary N) is 2. The third kappa shape index (κ3) is 4.49. The Morgan fingerprint density at radius 3 is 2.89 bits per heavy atom. The molecule has 0 aromatic heterocycles. The smallest absolute Gasteiger partial charge is 0.220 e. The van der Waals surface area contributed by atoms with Crippen molar-refractivity contribution in [3.8, 4) is 0 Å². The Morgan fingerprint density at radius 1 is 1.33 bits per heavy atom. The lowest BCUT2D eigenvalue weighted by molar-refractivity contribution is -0.122. The van der Waals surface area contributed by atoms with Crippen molar-refractivity contribution in [2.45, 2.75) is 38.1 Å². The van der Waals surface area contributed by atoms with E-state index < -0.39 is 0 Å². The number of amides is 1. The molecule has 2 N–H and O–H groups in total. The van der Waals surface area contributed by atoms with Gasteiger partial charge >= 0.3 is 0 Å². The van der Waals surface area contributed by atoms with Gasteiger partial charge in [0.25, 0.3) is 0 Å². The molecule has 1 aromatic carbocycles. The van der Waals surface area contributed by atoms with Crippen LogP contribution in [0.5, 0.6) is 0 Å². The van der Waals surface area contributed by atoms with Gasteiger partial charge in [0.05, 0.1) is 0 Å². The van der Waals surface area contributed by atoms with Crippen LogP contribution < -0.4 is 10.6 Å². The Labute approximate surface area is 109 Å². The molecule has 1 saturated heterocycles. The minimum absolute atomic E-state index is 0.194. The van der Waals surface area contributed by atoms with Crippen LogP contribution in [0.15, 0.2) is 30.3 Å². The van der Waals surface area contributed by atoms with Crippen molar-refractivity contribution in [2.24, 2.45) is 0 Å². The van der Waals surface area contributed by atoms with Gasteiger partial charge in [-0.25, -0.2) is 0 Å². The van der Waals surface area contributed by atoms with Gasteiger partial charge in [0, 0.05) is 19.0 Å². The molecule has 0 spiro atoms. The molecule has 0 radical (unpaired) electrons. The molecule has 3 nitrogen and oxygen atoms in total. The Bertz CT molecular complexity index is 358. The van der Waals surface area contributed by atoms with Crippen molar-refractivity contribution in [1.29, 1.82) is 0 Å². The zero-order valence-electron chi connectivity index (χ0n) is 10.8. The van der Waals surface area contributed by atoms with E-state index in [1.54, 1.807) is 0 Å². The monoisotopic (exact) mass is 246 g/mol. The van der Waals surface area contributed by atoms with E-state index in [9.17, 15) is 4.79 Å². The fraction of sp³-hybridized carbons (Fsp3) is 0.533. The summed E-state index contributed by atoms with van der Waals surface area (Å²) in [5.74, 6) is 0.194. The number of piperidine rings is 1. The summed E-state index contributed by atoms with van der Waals surface area (Å²) in [4.78, 5) is 11.8. The second-order valence-corrected chi connectivity index (χ2v) is 4.95. The average molecular weight is 246 g/mol. The first-order valence-corrected chi connectivity index (χ1v) is 6.88. The van der Waals surface area contributed by atoms with Crippen LogP contribution in [-0.4, -0.2) is 25.0 Å². The molecule has 0 bridgehead atoms. The van der Waals surface area contributed by atoms with E-state index in [1.807, 2.05) is 18.2 Å². The van der Waals surface area contributed by atoms with E-state index in [2.05, 4.69) is 22.8 Å². The maximum Gasteiger partial charge on any atom is 0.220 e. The van der Waals surface area contributed by atoms with Crippen LogP contribution in [0, 0.1) is 0 Å². The first kappa shape index (κ1) is 13.1. The van der Waals surface area contributed by atoms with Gasteiger partial charge < -0.3 is 10.6 Å². The third-order valence-corrected chi connectivity index (χ3v) is 3.37. The SMILES string of the molecule is O=C(CCCc1ccccc1)N[C@H]1CCCNC1. The number of rotatable bonds is 5. The summed E-state index contributed by atoms with van der Waals surface area (Å²) in [6.45, 7) is 2.00. The number of hydrogen-bond donors (Lipinski definition) is 2. The molecule has 1 heterocycles. The minimum Gasteiger partial charge on any atom is -0.352 e.